The predicted molar refractivity (Wildman–Crippen MR) is 55.6 cm³/mol. The second kappa shape index (κ2) is 3.15. The Labute approximate surface area is 80.2 Å². The van der Waals surface area contributed by atoms with Crippen LogP contribution in [0.2, 0.25) is 0 Å². The fourth-order valence-electron chi connectivity index (χ4n) is 1.68. The first-order chi connectivity index (χ1) is 6.18. The van der Waals surface area contributed by atoms with Crippen molar-refractivity contribution in [1.29, 1.82) is 0 Å². The van der Waals surface area contributed by atoms with Gasteiger partial charge in [-0.15, -0.1) is 0 Å². The van der Waals surface area contributed by atoms with Crippen molar-refractivity contribution in [2.24, 2.45) is 0 Å². The molecule has 1 aromatic carbocycles. The molecule has 70 valence electrons. The molecule has 1 saturated carbocycles. The number of benzene rings is 1. The zero-order valence-corrected chi connectivity index (χ0v) is 8.38. The SMILES string of the molecule is CC(C)(NC1CC1)c1ccccc1. The minimum absolute atomic E-state index is 0.127. The van der Waals surface area contributed by atoms with Gasteiger partial charge in [-0.05, 0) is 32.3 Å². The van der Waals surface area contributed by atoms with Gasteiger partial charge in [0.1, 0.15) is 0 Å². The van der Waals surface area contributed by atoms with Crippen LogP contribution in [0.15, 0.2) is 30.3 Å². The van der Waals surface area contributed by atoms with E-state index in [2.05, 4.69) is 49.5 Å². The quantitative estimate of drug-likeness (QED) is 0.744. The largest absolute Gasteiger partial charge is 0.305 e. The molecule has 0 spiro atoms. The van der Waals surface area contributed by atoms with Gasteiger partial charge in [0.05, 0.1) is 0 Å². The van der Waals surface area contributed by atoms with Gasteiger partial charge in [-0.2, -0.15) is 0 Å². The second-order valence-corrected chi connectivity index (χ2v) is 4.41. The summed E-state index contributed by atoms with van der Waals surface area (Å²) < 4.78 is 0. The number of rotatable bonds is 3. The maximum Gasteiger partial charge on any atom is 0.0379 e. The molecule has 1 aromatic rings. The van der Waals surface area contributed by atoms with Gasteiger partial charge < -0.3 is 5.32 Å². The summed E-state index contributed by atoms with van der Waals surface area (Å²) >= 11 is 0. The fraction of sp³-hybridized carbons (Fsp3) is 0.500. The van der Waals surface area contributed by atoms with Crippen LogP contribution in [0.4, 0.5) is 0 Å². The average Bonchev–Trinajstić information content (AvgIpc) is 2.89. The van der Waals surface area contributed by atoms with Crippen molar-refractivity contribution in [1.82, 2.24) is 5.32 Å². The molecule has 0 heterocycles. The zero-order chi connectivity index (χ0) is 9.31. The zero-order valence-electron chi connectivity index (χ0n) is 8.38. The maximum atomic E-state index is 3.65. The lowest BCUT2D eigenvalue weighted by Crippen LogP contribution is -2.37. The molecular formula is C12H17N. The molecule has 1 N–H and O–H groups in total. The molecular weight excluding hydrogens is 158 g/mol. The third kappa shape index (κ3) is 2.10. The highest BCUT2D eigenvalue weighted by Crippen LogP contribution is 2.27. The van der Waals surface area contributed by atoms with Gasteiger partial charge in [0.25, 0.3) is 0 Å². The van der Waals surface area contributed by atoms with Crippen LogP contribution in [0.1, 0.15) is 32.3 Å². The number of nitrogens with one attached hydrogen (secondary N) is 1. The lowest BCUT2D eigenvalue weighted by Gasteiger charge is -2.27. The van der Waals surface area contributed by atoms with Gasteiger partial charge in [-0.1, -0.05) is 30.3 Å². The molecule has 1 heteroatoms. The van der Waals surface area contributed by atoms with Crippen molar-refractivity contribution in [3.05, 3.63) is 35.9 Å². The summed E-state index contributed by atoms with van der Waals surface area (Å²) in [5, 5.41) is 3.65. The summed E-state index contributed by atoms with van der Waals surface area (Å²) in [5.41, 5.74) is 1.50. The van der Waals surface area contributed by atoms with E-state index < -0.39 is 0 Å². The van der Waals surface area contributed by atoms with E-state index >= 15 is 0 Å². The van der Waals surface area contributed by atoms with E-state index in [4.69, 9.17) is 0 Å². The molecule has 0 amide bonds. The van der Waals surface area contributed by atoms with Crippen LogP contribution < -0.4 is 5.32 Å². The van der Waals surface area contributed by atoms with Crippen molar-refractivity contribution >= 4 is 0 Å². The molecule has 0 bridgehead atoms. The molecule has 0 atom stereocenters. The molecule has 0 aromatic heterocycles. The van der Waals surface area contributed by atoms with Gasteiger partial charge in [0.15, 0.2) is 0 Å². The Morgan fingerprint density at radius 1 is 1.15 bits per heavy atom. The molecule has 1 aliphatic rings. The Morgan fingerprint density at radius 3 is 2.31 bits per heavy atom. The van der Waals surface area contributed by atoms with Crippen LogP contribution in [0.3, 0.4) is 0 Å². The number of hydrogen-bond acceptors (Lipinski definition) is 1. The Kier molecular flexibility index (Phi) is 2.12. The van der Waals surface area contributed by atoms with Crippen LogP contribution in [0.25, 0.3) is 0 Å². The second-order valence-electron chi connectivity index (χ2n) is 4.41. The molecule has 0 unspecified atom stereocenters. The molecule has 0 aliphatic heterocycles. The van der Waals surface area contributed by atoms with Gasteiger partial charge >= 0.3 is 0 Å². The van der Waals surface area contributed by atoms with E-state index in [0.717, 1.165) is 6.04 Å². The molecule has 1 nitrogen and oxygen atoms in total. The average molecular weight is 175 g/mol. The van der Waals surface area contributed by atoms with Crippen LogP contribution in [0, 0.1) is 0 Å². The van der Waals surface area contributed by atoms with Crippen LogP contribution in [-0.4, -0.2) is 6.04 Å². The van der Waals surface area contributed by atoms with Crippen LogP contribution >= 0.6 is 0 Å². The van der Waals surface area contributed by atoms with Crippen molar-refractivity contribution in [3.63, 3.8) is 0 Å². The topological polar surface area (TPSA) is 12.0 Å². The summed E-state index contributed by atoms with van der Waals surface area (Å²) in [7, 11) is 0. The highest BCUT2D eigenvalue weighted by atomic mass is 15.0. The molecule has 1 fully saturated rings. The maximum absolute atomic E-state index is 3.65. The fourth-order valence-corrected chi connectivity index (χ4v) is 1.68. The predicted octanol–water partition coefficient (Wildman–Crippen LogP) is 2.67. The summed E-state index contributed by atoms with van der Waals surface area (Å²) in [6, 6.07) is 11.4. The smallest absolute Gasteiger partial charge is 0.0379 e. The Morgan fingerprint density at radius 2 is 1.77 bits per heavy atom. The Bertz CT molecular complexity index is 272. The standard InChI is InChI=1S/C12H17N/c1-12(2,13-11-8-9-11)10-6-4-3-5-7-10/h3-7,11,13H,8-9H2,1-2H3. The van der Waals surface area contributed by atoms with E-state index in [-0.39, 0.29) is 5.54 Å². The van der Waals surface area contributed by atoms with Crippen LogP contribution in [0.5, 0.6) is 0 Å². The van der Waals surface area contributed by atoms with Gasteiger partial charge in [0.2, 0.25) is 0 Å². The Hall–Kier alpha value is -0.820. The molecule has 2 rings (SSSR count). The minimum atomic E-state index is 0.127. The highest BCUT2D eigenvalue weighted by molar-refractivity contribution is 5.23. The molecule has 0 radical (unpaired) electrons. The van der Waals surface area contributed by atoms with Gasteiger partial charge in [-0.3, -0.25) is 0 Å². The summed E-state index contributed by atoms with van der Waals surface area (Å²) in [5.74, 6) is 0. The van der Waals surface area contributed by atoms with Crippen molar-refractivity contribution in [2.45, 2.75) is 38.3 Å². The Balaban J connectivity index is 2.12. The lowest BCUT2D eigenvalue weighted by molar-refractivity contribution is 0.399. The van der Waals surface area contributed by atoms with Gasteiger partial charge in [-0.25, -0.2) is 0 Å². The minimum Gasteiger partial charge on any atom is -0.305 e. The summed E-state index contributed by atoms with van der Waals surface area (Å²) in [4.78, 5) is 0. The highest BCUT2D eigenvalue weighted by Gasteiger charge is 2.29. The van der Waals surface area contributed by atoms with Crippen LogP contribution in [-0.2, 0) is 5.54 Å². The number of hydrogen-bond donors (Lipinski definition) is 1. The first kappa shape index (κ1) is 8.76. The summed E-state index contributed by atoms with van der Waals surface area (Å²) in [6.45, 7) is 4.50. The first-order valence-corrected chi connectivity index (χ1v) is 5.02. The van der Waals surface area contributed by atoms with E-state index in [0.29, 0.717) is 0 Å². The third-order valence-electron chi connectivity index (χ3n) is 2.64. The van der Waals surface area contributed by atoms with Crippen molar-refractivity contribution in [2.75, 3.05) is 0 Å². The van der Waals surface area contributed by atoms with Gasteiger partial charge in [0, 0.05) is 11.6 Å². The van der Waals surface area contributed by atoms with E-state index in [1.54, 1.807) is 0 Å². The van der Waals surface area contributed by atoms with E-state index in [1.807, 2.05) is 0 Å². The van der Waals surface area contributed by atoms with E-state index in [1.165, 1.54) is 18.4 Å². The lowest BCUT2D eigenvalue weighted by atomic mass is 9.94. The van der Waals surface area contributed by atoms with E-state index in [9.17, 15) is 0 Å². The first-order valence-electron chi connectivity index (χ1n) is 5.02. The monoisotopic (exact) mass is 175 g/mol. The normalized spacial score (nSPS) is 17.4. The van der Waals surface area contributed by atoms with Crippen molar-refractivity contribution < 1.29 is 0 Å². The summed E-state index contributed by atoms with van der Waals surface area (Å²) in [6.07, 6.45) is 2.69. The molecule has 0 saturated heterocycles. The van der Waals surface area contributed by atoms with Crippen molar-refractivity contribution in [3.8, 4) is 0 Å². The third-order valence-corrected chi connectivity index (χ3v) is 2.64. The molecule has 13 heavy (non-hydrogen) atoms. The molecule has 1 aliphatic carbocycles.